The Morgan fingerprint density at radius 3 is 2.59 bits per heavy atom. The maximum Gasteiger partial charge on any atom is 0.259 e. The van der Waals surface area contributed by atoms with Crippen molar-refractivity contribution in [1.82, 2.24) is 4.57 Å². The molecule has 3 aromatic rings. The summed E-state index contributed by atoms with van der Waals surface area (Å²) in [7, 11) is 0. The molecule has 1 heterocycles. The molecule has 0 aliphatic carbocycles. The van der Waals surface area contributed by atoms with Crippen molar-refractivity contribution in [3.05, 3.63) is 93.4 Å². The van der Waals surface area contributed by atoms with Gasteiger partial charge in [0, 0.05) is 29.4 Å². The van der Waals surface area contributed by atoms with E-state index in [-0.39, 0.29) is 18.1 Å². The van der Waals surface area contributed by atoms with E-state index >= 15 is 0 Å². The van der Waals surface area contributed by atoms with Crippen LogP contribution in [0.2, 0.25) is 5.02 Å². The summed E-state index contributed by atoms with van der Waals surface area (Å²) in [6, 6.07) is 17.4. The number of carbonyl (C=O) groups is 1. The second-order valence-electron chi connectivity index (χ2n) is 5.87. The van der Waals surface area contributed by atoms with Crippen LogP contribution in [0.15, 0.2) is 71.7 Å². The standard InChI is InChI=1S/C21H19ClN2O3/c1-2-24-13-16(11-12-20(24)25)23-21(26)17-8-4-6-10-19(17)27-14-15-7-3-5-9-18(15)22/h3-13H,2,14H2,1H3,(H,23,26). The number of rotatable bonds is 6. The summed E-state index contributed by atoms with van der Waals surface area (Å²) in [5.41, 5.74) is 1.67. The number of hydrogen-bond donors (Lipinski definition) is 1. The summed E-state index contributed by atoms with van der Waals surface area (Å²) in [6.07, 6.45) is 1.62. The van der Waals surface area contributed by atoms with Crippen molar-refractivity contribution in [3.8, 4) is 5.75 Å². The quantitative estimate of drug-likeness (QED) is 0.689. The third-order valence-electron chi connectivity index (χ3n) is 4.05. The van der Waals surface area contributed by atoms with Gasteiger partial charge in [-0.15, -0.1) is 0 Å². The van der Waals surface area contributed by atoms with Crippen LogP contribution in [-0.2, 0) is 13.2 Å². The Hall–Kier alpha value is -3.05. The number of aryl methyl sites for hydroxylation is 1. The predicted molar refractivity (Wildman–Crippen MR) is 107 cm³/mol. The van der Waals surface area contributed by atoms with E-state index in [2.05, 4.69) is 5.32 Å². The highest BCUT2D eigenvalue weighted by Gasteiger charge is 2.13. The maximum atomic E-state index is 12.7. The van der Waals surface area contributed by atoms with Crippen LogP contribution in [0, 0.1) is 0 Å². The molecule has 1 aromatic heterocycles. The first-order chi connectivity index (χ1) is 13.1. The van der Waals surface area contributed by atoms with E-state index in [0.29, 0.717) is 28.6 Å². The average Bonchev–Trinajstić information content (AvgIpc) is 2.69. The van der Waals surface area contributed by atoms with Crippen LogP contribution in [0.25, 0.3) is 0 Å². The molecule has 5 nitrogen and oxygen atoms in total. The summed E-state index contributed by atoms with van der Waals surface area (Å²) < 4.78 is 7.35. The summed E-state index contributed by atoms with van der Waals surface area (Å²) in [5.74, 6) is 0.143. The average molecular weight is 383 g/mol. The van der Waals surface area contributed by atoms with E-state index in [0.717, 1.165) is 5.56 Å². The number of ether oxygens (including phenoxy) is 1. The van der Waals surface area contributed by atoms with Crippen LogP contribution in [0.5, 0.6) is 5.75 Å². The molecule has 138 valence electrons. The number of anilines is 1. The maximum absolute atomic E-state index is 12.7. The largest absolute Gasteiger partial charge is 0.488 e. The lowest BCUT2D eigenvalue weighted by atomic mass is 10.2. The SMILES string of the molecule is CCn1cc(NC(=O)c2ccccc2OCc2ccccc2Cl)ccc1=O. The third kappa shape index (κ3) is 4.57. The molecule has 27 heavy (non-hydrogen) atoms. The minimum absolute atomic E-state index is 0.112. The van der Waals surface area contributed by atoms with Crippen LogP contribution in [-0.4, -0.2) is 10.5 Å². The monoisotopic (exact) mass is 382 g/mol. The van der Waals surface area contributed by atoms with Gasteiger partial charge in [0.25, 0.3) is 11.5 Å². The van der Waals surface area contributed by atoms with Crippen LogP contribution < -0.4 is 15.6 Å². The molecule has 0 saturated carbocycles. The van der Waals surface area contributed by atoms with Crippen LogP contribution >= 0.6 is 11.6 Å². The molecule has 2 aromatic carbocycles. The van der Waals surface area contributed by atoms with Gasteiger partial charge in [0.2, 0.25) is 0 Å². The lowest BCUT2D eigenvalue weighted by molar-refractivity contribution is 0.102. The number of para-hydroxylation sites is 1. The molecule has 6 heteroatoms. The molecule has 0 atom stereocenters. The zero-order valence-electron chi connectivity index (χ0n) is 14.8. The Balaban J connectivity index is 1.77. The Kier molecular flexibility index (Phi) is 5.94. The minimum Gasteiger partial charge on any atom is -0.488 e. The van der Waals surface area contributed by atoms with Crippen molar-refractivity contribution in [3.63, 3.8) is 0 Å². The molecule has 0 unspecified atom stereocenters. The van der Waals surface area contributed by atoms with Gasteiger partial charge in [0.15, 0.2) is 0 Å². The van der Waals surface area contributed by atoms with Crippen molar-refractivity contribution in [2.75, 3.05) is 5.32 Å². The molecule has 0 spiro atoms. The smallest absolute Gasteiger partial charge is 0.259 e. The van der Waals surface area contributed by atoms with Gasteiger partial charge in [-0.2, -0.15) is 0 Å². The normalized spacial score (nSPS) is 10.4. The number of aromatic nitrogens is 1. The number of nitrogens with zero attached hydrogens (tertiary/aromatic N) is 1. The first-order valence-electron chi connectivity index (χ1n) is 8.55. The molecule has 0 aliphatic rings. The number of benzene rings is 2. The highest BCUT2D eigenvalue weighted by molar-refractivity contribution is 6.31. The fourth-order valence-corrected chi connectivity index (χ4v) is 2.79. The number of hydrogen-bond acceptors (Lipinski definition) is 3. The Morgan fingerprint density at radius 1 is 1.07 bits per heavy atom. The van der Waals surface area contributed by atoms with Crippen LogP contribution in [0.1, 0.15) is 22.8 Å². The van der Waals surface area contributed by atoms with E-state index in [1.54, 1.807) is 42.6 Å². The topological polar surface area (TPSA) is 60.3 Å². The van der Waals surface area contributed by atoms with Crippen molar-refractivity contribution < 1.29 is 9.53 Å². The van der Waals surface area contributed by atoms with Crippen molar-refractivity contribution in [2.45, 2.75) is 20.1 Å². The highest BCUT2D eigenvalue weighted by atomic mass is 35.5. The van der Waals surface area contributed by atoms with Crippen LogP contribution in [0.3, 0.4) is 0 Å². The molecule has 1 amide bonds. The van der Waals surface area contributed by atoms with Crippen LogP contribution in [0.4, 0.5) is 5.69 Å². The number of carbonyl (C=O) groups excluding carboxylic acids is 1. The summed E-state index contributed by atoms with van der Waals surface area (Å²) in [6.45, 7) is 2.65. The van der Waals surface area contributed by atoms with Gasteiger partial charge in [-0.3, -0.25) is 9.59 Å². The molecule has 0 fully saturated rings. The van der Waals surface area contributed by atoms with Gasteiger partial charge in [-0.25, -0.2) is 0 Å². The second-order valence-corrected chi connectivity index (χ2v) is 6.28. The van der Waals surface area contributed by atoms with Gasteiger partial charge in [-0.1, -0.05) is 41.9 Å². The number of halogens is 1. The van der Waals surface area contributed by atoms with Gasteiger partial charge in [-0.05, 0) is 31.2 Å². The van der Waals surface area contributed by atoms with Gasteiger partial charge in [0.05, 0.1) is 11.3 Å². The fraction of sp³-hybridized carbons (Fsp3) is 0.143. The molecule has 0 bridgehead atoms. The first kappa shape index (κ1) is 18.7. The lowest BCUT2D eigenvalue weighted by Gasteiger charge is -2.13. The van der Waals surface area contributed by atoms with Crippen molar-refractivity contribution >= 4 is 23.2 Å². The zero-order valence-corrected chi connectivity index (χ0v) is 15.6. The Bertz CT molecular complexity index is 1010. The van der Waals surface area contributed by atoms with E-state index in [9.17, 15) is 9.59 Å². The molecular weight excluding hydrogens is 364 g/mol. The molecule has 0 saturated heterocycles. The van der Waals surface area contributed by atoms with Gasteiger partial charge >= 0.3 is 0 Å². The highest BCUT2D eigenvalue weighted by Crippen LogP contribution is 2.23. The summed E-state index contributed by atoms with van der Waals surface area (Å²) >= 11 is 6.15. The molecule has 3 rings (SSSR count). The molecule has 0 aliphatic heterocycles. The number of nitrogens with one attached hydrogen (secondary N) is 1. The number of amides is 1. The molecule has 0 radical (unpaired) electrons. The Morgan fingerprint density at radius 2 is 1.81 bits per heavy atom. The van der Waals surface area contributed by atoms with E-state index in [1.807, 2.05) is 25.1 Å². The fourth-order valence-electron chi connectivity index (χ4n) is 2.60. The Labute approximate surface area is 162 Å². The first-order valence-corrected chi connectivity index (χ1v) is 8.93. The summed E-state index contributed by atoms with van der Waals surface area (Å²) in [4.78, 5) is 24.4. The summed E-state index contributed by atoms with van der Waals surface area (Å²) in [5, 5.41) is 3.42. The van der Waals surface area contributed by atoms with Crippen molar-refractivity contribution in [2.24, 2.45) is 0 Å². The molecular formula is C21H19ClN2O3. The van der Waals surface area contributed by atoms with E-state index in [1.165, 1.54) is 10.6 Å². The lowest BCUT2D eigenvalue weighted by Crippen LogP contribution is -2.20. The molecule has 1 N–H and O–H groups in total. The van der Waals surface area contributed by atoms with Gasteiger partial charge in [0.1, 0.15) is 12.4 Å². The third-order valence-corrected chi connectivity index (χ3v) is 4.42. The van der Waals surface area contributed by atoms with E-state index in [4.69, 9.17) is 16.3 Å². The van der Waals surface area contributed by atoms with E-state index < -0.39 is 0 Å². The number of pyridine rings is 1. The second kappa shape index (κ2) is 8.56. The minimum atomic E-state index is -0.314. The zero-order chi connectivity index (χ0) is 19.2. The van der Waals surface area contributed by atoms with Gasteiger partial charge < -0.3 is 14.6 Å². The predicted octanol–water partition coefficient (Wildman–Crippen LogP) is 4.35. The van der Waals surface area contributed by atoms with Crippen molar-refractivity contribution in [1.29, 1.82) is 0 Å².